The minimum Gasteiger partial charge on any atom is -0.481 e. The number of carboxylic acid groups (broad SMARTS) is 1. The van der Waals surface area contributed by atoms with Crippen LogP contribution in [-0.2, 0) is 4.79 Å². The first-order valence-electron chi connectivity index (χ1n) is 6.62. The Balaban J connectivity index is 2.12. The highest BCUT2D eigenvalue weighted by molar-refractivity contribution is 5.92. The largest absolute Gasteiger partial charge is 0.481 e. The van der Waals surface area contributed by atoms with Gasteiger partial charge >= 0.3 is 5.97 Å². The van der Waals surface area contributed by atoms with Crippen molar-refractivity contribution in [3.05, 3.63) is 47.8 Å². The quantitative estimate of drug-likeness (QED) is 0.875. The van der Waals surface area contributed by atoms with Gasteiger partial charge in [0.05, 0.1) is 11.6 Å². The number of rotatable bonds is 5. The van der Waals surface area contributed by atoms with E-state index in [1.165, 1.54) is 6.92 Å². The molecule has 1 amide bonds. The SMILES string of the molecule is Cc1cc(C(=O)NCC(C)C(=O)O)nn1-c1ccccc1. The second-order valence-electron chi connectivity index (χ2n) is 4.87. The van der Waals surface area contributed by atoms with Crippen molar-refractivity contribution < 1.29 is 14.7 Å². The van der Waals surface area contributed by atoms with E-state index in [9.17, 15) is 9.59 Å². The number of carbonyl (C=O) groups excluding carboxylic acids is 1. The summed E-state index contributed by atoms with van der Waals surface area (Å²) in [6, 6.07) is 11.2. The Hall–Kier alpha value is -2.63. The predicted molar refractivity (Wildman–Crippen MR) is 77.4 cm³/mol. The number of nitrogens with one attached hydrogen (secondary N) is 1. The minimum absolute atomic E-state index is 0.0748. The summed E-state index contributed by atoms with van der Waals surface area (Å²) >= 11 is 0. The molecule has 0 saturated heterocycles. The molecule has 0 radical (unpaired) electrons. The number of aliphatic carboxylic acids is 1. The maximum atomic E-state index is 12.0. The van der Waals surface area contributed by atoms with Crippen LogP contribution in [0.15, 0.2) is 36.4 Å². The third kappa shape index (κ3) is 3.47. The smallest absolute Gasteiger partial charge is 0.308 e. The lowest BCUT2D eigenvalue weighted by Gasteiger charge is -2.06. The zero-order chi connectivity index (χ0) is 15.4. The Labute approximate surface area is 122 Å². The molecule has 2 aromatic rings. The Morgan fingerprint density at radius 1 is 1.33 bits per heavy atom. The van der Waals surface area contributed by atoms with Crippen molar-refractivity contribution in [3.8, 4) is 5.69 Å². The molecule has 0 bridgehead atoms. The van der Waals surface area contributed by atoms with Crippen molar-refractivity contribution in [1.29, 1.82) is 0 Å². The Morgan fingerprint density at radius 3 is 2.62 bits per heavy atom. The van der Waals surface area contributed by atoms with E-state index in [2.05, 4.69) is 10.4 Å². The van der Waals surface area contributed by atoms with Gasteiger partial charge < -0.3 is 10.4 Å². The van der Waals surface area contributed by atoms with Gasteiger partial charge in [-0.2, -0.15) is 5.10 Å². The lowest BCUT2D eigenvalue weighted by atomic mass is 10.2. The highest BCUT2D eigenvalue weighted by Gasteiger charge is 2.16. The molecule has 0 aliphatic carbocycles. The first-order chi connectivity index (χ1) is 9.99. The molecule has 1 aromatic heterocycles. The summed E-state index contributed by atoms with van der Waals surface area (Å²) in [5, 5.41) is 15.6. The van der Waals surface area contributed by atoms with Crippen LogP contribution in [-0.4, -0.2) is 33.3 Å². The average Bonchev–Trinajstić information content (AvgIpc) is 2.87. The van der Waals surface area contributed by atoms with Crippen LogP contribution in [0.25, 0.3) is 5.69 Å². The highest BCUT2D eigenvalue weighted by Crippen LogP contribution is 2.11. The van der Waals surface area contributed by atoms with E-state index in [1.807, 2.05) is 37.3 Å². The number of carbonyl (C=O) groups is 2. The molecule has 21 heavy (non-hydrogen) atoms. The van der Waals surface area contributed by atoms with Crippen LogP contribution in [0.4, 0.5) is 0 Å². The first kappa shape index (κ1) is 14.8. The fourth-order valence-electron chi connectivity index (χ4n) is 1.84. The molecule has 1 atom stereocenters. The van der Waals surface area contributed by atoms with Crippen LogP contribution in [0, 0.1) is 12.8 Å². The molecule has 2 rings (SSSR count). The number of nitrogens with zero attached hydrogens (tertiary/aromatic N) is 2. The van der Waals surface area contributed by atoms with Gasteiger partial charge in [0.2, 0.25) is 0 Å². The van der Waals surface area contributed by atoms with E-state index in [-0.39, 0.29) is 18.1 Å². The van der Waals surface area contributed by atoms with Gasteiger partial charge in [0.25, 0.3) is 5.91 Å². The number of aromatic nitrogens is 2. The molecule has 0 aliphatic rings. The van der Waals surface area contributed by atoms with E-state index < -0.39 is 11.9 Å². The molecular formula is C15H17N3O3. The second-order valence-corrected chi connectivity index (χ2v) is 4.87. The summed E-state index contributed by atoms with van der Waals surface area (Å²) in [4.78, 5) is 22.7. The van der Waals surface area contributed by atoms with Gasteiger partial charge in [0.1, 0.15) is 0 Å². The minimum atomic E-state index is -0.943. The molecule has 6 nitrogen and oxygen atoms in total. The summed E-state index contributed by atoms with van der Waals surface area (Å²) in [7, 11) is 0. The van der Waals surface area contributed by atoms with Gasteiger partial charge in [-0.15, -0.1) is 0 Å². The molecular weight excluding hydrogens is 270 g/mol. The number of para-hydroxylation sites is 1. The fourth-order valence-corrected chi connectivity index (χ4v) is 1.84. The van der Waals surface area contributed by atoms with E-state index in [4.69, 9.17) is 5.11 Å². The van der Waals surface area contributed by atoms with E-state index in [0.29, 0.717) is 0 Å². The number of amides is 1. The highest BCUT2D eigenvalue weighted by atomic mass is 16.4. The summed E-state index contributed by atoms with van der Waals surface area (Å²) in [6.45, 7) is 3.47. The molecule has 0 fully saturated rings. The van der Waals surface area contributed by atoms with Gasteiger partial charge in [-0.3, -0.25) is 9.59 Å². The first-order valence-corrected chi connectivity index (χ1v) is 6.62. The van der Waals surface area contributed by atoms with Crippen LogP contribution in [0.5, 0.6) is 0 Å². The lowest BCUT2D eigenvalue weighted by Crippen LogP contribution is -2.31. The van der Waals surface area contributed by atoms with E-state index in [0.717, 1.165) is 11.4 Å². The van der Waals surface area contributed by atoms with Crippen molar-refractivity contribution in [2.24, 2.45) is 5.92 Å². The number of benzene rings is 1. The zero-order valence-corrected chi connectivity index (χ0v) is 11.9. The summed E-state index contributed by atoms with van der Waals surface area (Å²) in [5.41, 5.74) is 1.97. The number of carboxylic acids is 1. The summed E-state index contributed by atoms with van der Waals surface area (Å²) in [6.07, 6.45) is 0. The van der Waals surface area contributed by atoms with Gasteiger partial charge in [-0.25, -0.2) is 4.68 Å². The molecule has 6 heteroatoms. The van der Waals surface area contributed by atoms with Crippen molar-refractivity contribution in [3.63, 3.8) is 0 Å². The van der Waals surface area contributed by atoms with Crippen molar-refractivity contribution in [2.45, 2.75) is 13.8 Å². The standard InChI is InChI=1S/C15H17N3O3/c1-10(15(20)21)9-16-14(19)13-8-11(2)18(17-13)12-6-4-3-5-7-12/h3-8,10H,9H2,1-2H3,(H,16,19)(H,20,21). The zero-order valence-electron chi connectivity index (χ0n) is 11.9. The maximum absolute atomic E-state index is 12.0. The Morgan fingerprint density at radius 2 is 2.00 bits per heavy atom. The normalized spacial score (nSPS) is 11.9. The molecule has 1 heterocycles. The average molecular weight is 287 g/mol. The molecule has 1 unspecified atom stereocenters. The number of hydrogen-bond donors (Lipinski definition) is 2. The van der Waals surface area contributed by atoms with Crippen molar-refractivity contribution in [2.75, 3.05) is 6.54 Å². The van der Waals surface area contributed by atoms with E-state index in [1.54, 1.807) is 10.7 Å². The van der Waals surface area contributed by atoms with Crippen molar-refractivity contribution >= 4 is 11.9 Å². The fraction of sp³-hybridized carbons (Fsp3) is 0.267. The van der Waals surface area contributed by atoms with Crippen LogP contribution in [0.1, 0.15) is 23.1 Å². The van der Waals surface area contributed by atoms with Crippen LogP contribution in [0.3, 0.4) is 0 Å². The van der Waals surface area contributed by atoms with Crippen LogP contribution >= 0.6 is 0 Å². The molecule has 1 aromatic carbocycles. The monoisotopic (exact) mass is 287 g/mol. The van der Waals surface area contributed by atoms with Gasteiger partial charge in [0, 0.05) is 12.2 Å². The van der Waals surface area contributed by atoms with Crippen LogP contribution < -0.4 is 5.32 Å². The van der Waals surface area contributed by atoms with Gasteiger partial charge in [-0.1, -0.05) is 25.1 Å². The summed E-state index contributed by atoms with van der Waals surface area (Å²) < 4.78 is 1.68. The maximum Gasteiger partial charge on any atom is 0.308 e. The molecule has 2 N–H and O–H groups in total. The number of hydrogen-bond acceptors (Lipinski definition) is 3. The third-order valence-electron chi connectivity index (χ3n) is 3.11. The van der Waals surface area contributed by atoms with Crippen molar-refractivity contribution in [1.82, 2.24) is 15.1 Å². The number of aryl methyl sites for hydroxylation is 1. The molecule has 0 aliphatic heterocycles. The Bertz CT molecular complexity index is 649. The van der Waals surface area contributed by atoms with Gasteiger partial charge in [0.15, 0.2) is 5.69 Å². The molecule has 0 saturated carbocycles. The summed E-state index contributed by atoms with van der Waals surface area (Å²) in [5.74, 6) is -1.95. The lowest BCUT2D eigenvalue weighted by molar-refractivity contribution is -0.140. The van der Waals surface area contributed by atoms with Crippen LogP contribution in [0.2, 0.25) is 0 Å². The molecule has 0 spiro atoms. The van der Waals surface area contributed by atoms with E-state index >= 15 is 0 Å². The third-order valence-corrected chi connectivity index (χ3v) is 3.11. The Kier molecular flexibility index (Phi) is 4.37. The van der Waals surface area contributed by atoms with Gasteiger partial charge in [-0.05, 0) is 25.1 Å². The molecule has 110 valence electrons. The predicted octanol–water partition coefficient (Wildman–Crippen LogP) is 1.63. The second kappa shape index (κ2) is 6.21. The topological polar surface area (TPSA) is 84.2 Å².